The molecule has 0 saturated heterocycles. The maximum absolute atomic E-state index is 13.1. The summed E-state index contributed by atoms with van der Waals surface area (Å²) in [5.74, 6) is -0.0103. The lowest BCUT2D eigenvalue weighted by molar-refractivity contribution is 0.472. The van der Waals surface area contributed by atoms with Gasteiger partial charge in [0.1, 0.15) is 23.2 Å². The van der Waals surface area contributed by atoms with E-state index in [0.717, 1.165) is 11.8 Å². The topological polar surface area (TPSA) is 25.2 Å². The molecular formula is C14H15F2NO. The third kappa shape index (κ3) is 3.17. The molecule has 0 aliphatic carbocycles. The summed E-state index contributed by atoms with van der Waals surface area (Å²) >= 11 is 0. The molecule has 96 valence electrons. The second-order valence-corrected chi connectivity index (χ2v) is 4.46. The van der Waals surface area contributed by atoms with Crippen molar-refractivity contribution >= 4 is 0 Å². The predicted octanol–water partition coefficient (Wildman–Crippen LogP) is 3.72. The van der Waals surface area contributed by atoms with Gasteiger partial charge in [-0.2, -0.15) is 0 Å². The molecule has 0 saturated carbocycles. The molecule has 0 spiro atoms. The fourth-order valence-corrected chi connectivity index (χ4v) is 1.63. The summed E-state index contributed by atoms with van der Waals surface area (Å²) < 4.78 is 31.7. The monoisotopic (exact) mass is 251 g/mol. The van der Waals surface area contributed by atoms with E-state index in [0.29, 0.717) is 23.9 Å². The summed E-state index contributed by atoms with van der Waals surface area (Å²) in [6.07, 6.45) is 0. The van der Waals surface area contributed by atoms with Gasteiger partial charge in [-0.15, -0.1) is 0 Å². The molecule has 2 rings (SSSR count). The number of hydrogen-bond acceptors (Lipinski definition) is 2. The minimum absolute atomic E-state index is 0.352. The normalized spacial score (nSPS) is 11.2. The summed E-state index contributed by atoms with van der Waals surface area (Å²) in [6.45, 7) is 4.66. The van der Waals surface area contributed by atoms with Crippen molar-refractivity contribution in [2.75, 3.05) is 0 Å². The summed E-state index contributed by atoms with van der Waals surface area (Å²) in [7, 11) is 0. The van der Waals surface area contributed by atoms with Crippen LogP contribution in [-0.4, -0.2) is 6.04 Å². The van der Waals surface area contributed by atoms with Gasteiger partial charge < -0.3 is 9.73 Å². The van der Waals surface area contributed by atoms with Gasteiger partial charge in [-0.25, -0.2) is 8.78 Å². The highest BCUT2D eigenvalue weighted by Gasteiger charge is 2.08. The average Bonchev–Trinajstić information content (AvgIpc) is 2.73. The van der Waals surface area contributed by atoms with Gasteiger partial charge in [0.25, 0.3) is 0 Å². The van der Waals surface area contributed by atoms with Crippen molar-refractivity contribution in [2.45, 2.75) is 26.4 Å². The Morgan fingerprint density at radius 1 is 1.11 bits per heavy atom. The van der Waals surface area contributed by atoms with E-state index in [1.165, 1.54) is 12.1 Å². The molecule has 18 heavy (non-hydrogen) atoms. The molecule has 0 radical (unpaired) electrons. The van der Waals surface area contributed by atoms with Crippen LogP contribution in [0.3, 0.4) is 0 Å². The van der Waals surface area contributed by atoms with Crippen LogP contribution in [0.5, 0.6) is 0 Å². The Morgan fingerprint density at radius 3 is 2.39 bits per heavy atom. The highest BCUT2D eigenvalue weighted by molar-refractivity contribution is 5.57. The number of rotatable bonds is 4. The predicted molar refractivity (Wildman–Crippen MR) is 66.0 cm³/mol. The third-order valence-corrected chi connectivity index (χ3v) is 2.49. The minimum atomic E-state index is -0.608. The second-order valence-electron chi connectivity index (χ2n) is 4.46. The van der Waals surface area contributed by atoms with Crippen molar-refractivity contribution in [1.82, 2.24) is 5.32 Å². The molecule has 2 aromatic rings. The Hall–Kier alpha value is -1.68. The van der Waals surface area contributed by atoms with Gasteiger partial charge in [-0.3, -0.25) is 0 Å². The van der Waals surface area contributed by atoms with Crippen LogP contribution in [0.4, 0.5) is 8.78 Å². The molecule has 0 aliphatic heterocycles. The smallest absolute Gasteiger partial charge is 0.134 e. The molecule has 4 heteroatoms. The van der Waals surface area contributed by atoms with E-state index in [2.05, 4.69) is 5.32 Å². The summed E-state index contributed by atoms with van der Waals surface area (Å²) in [5.41, 5.74) is 0.406. The molecule has 0 fully saturated rings. The first-order valence-corrected chi connectivity index (χ1v) is 5.83. The van der Waals surface area contributed by atoms with Gasteiger partial charge in [0.15, 0.2) is 0 Å². The molecule has 0 aliphatic rings. The molecule has 0 unspecified atom stereocenters. The quantitative estimate of drug-likeness (QED) is 0.895. The molecule has 1 N–H and O–H groups in total. The van der Waals surface area contributed by atoms with E-state index in [1.807, 2.05) is 13.8 Å². The number of nitrogens with one attached hydrogen (secondary N) is 1. The Morgan fingerprint density at radius 2 is 1.78 bits per heavy atom. The van der Waals surface area contributed by atoms with Crippen molar-refractivity contribution in [3.05, 3.63) is 47.7 Å². The van der Waals surface area contributed by atoms with E-state index in [9.17, 15) is 8.78 Å². The minimum Gasteiger partial charge on any atom is -0.460 e. The summed E-state index contributed by atoms with van der Waals surface area (Å²) in [6, 6.07) is 7.21. The summed E-state index contributed by atoms with van der Waals surface area (Å²) in [4.78, 5) is 0. The third-order valence-electron chi connectivity index (χ3n) is 2.49. The van der Waals surface area contributed by atoms with E-state index in [1.54, 1.807) is 12.1 Å². The maximum atomic E-state index is 13.1. The standard InChI is InChI=1S/C14H15F2NO/c1-9(2)17-8-13-3-4-14(18-13)10-5-11(15)7-12(16)6-10/h3-7,9,17H,8H2,1-2H3. The van der Waals surface area contributed by atoms with E-state index < -0.39 is 11.6 Å². The van der Waals surface area contributed by atoms with Gasteiger partial charge in [-0.1, -0.05) is 13.8 Å². The molecule has 2 nitrogen and oxygen atoms in total. The first kappa shape index (κ1) is 12.8. The van der Waals surface area contributed by atoms with Gasteiger partial charge in [0, 0.05) is 17.7 Å². The van der Waals surface area contributed by atoms with E-state index >= 15 is 0 Å². The molecule has 0 atom stereocenters. The Balaban J connectivity index is 2.18. The average molecular weight is 251 g/mol. The van der Waals surface area contributed by atoms with Crippen LogP contribution >= 0.6 is 0 Å². The van der Waals surface area contributed by atoms with Gasteiger partial charge in [0.05, 0.1) is 6.54 Å². The van der Waals surface area contributed by atoms with Crippen LogP contribution in [0, 0.1) is 11.6 Å². The van der Waals surface area contributed by atoms with E-state index in [4.69, 9.17) is 4.42 Å². The van der Waals surface area contributed by atoms with Gasteiger partial charge >= 0.3 is 0 Å². The molecule has 1 heterocycles. The van der Waals surface area contributed by atoms with Crippen LogP contribution in [0.1, 0.15) is 19.6 Å². The van der Waals surface area contributed by atoms with Gasteiger partial charge in [0.2, 0.25) is 0 Å². The lowest BCUT2D eigenvalue weighted by atomic mass is 10.1. The second kappa shape index (κ2) is 5.31. The Labute approximate surface area is 105 Å². The van der Waals surface area contributed by atoms with Crippen molar-refractivity contribution in [3.63, 3.8) is 0 Å². The van der Waals surface area contributed by atoms with Gasteiger partial charge in [-0.05, 0) is 24.3 Å². The van der Waals surface area contributed by atoms with Crippen molar-refractivity contribution in [2.24, 2.45) is 0 Å². The SMILES string of the molecule is CC(C)NCc1ccc(-c2cc(F)cc(F)c2)o1. The van der Waals surface area contributed by atoms with Crippen LogP contribution < -0.4 is 5.32 Å². The van der Waals surface area contributed by atoms with Crippen LogP contribution in [0.2, 0.25) is 0 Å². The number of hydrogen-bond donors (Lipinski definition) is 1. The number of halogens is 2. The van der Waals surface area contributed by atoms with Crippen LogP contribution in [-0.2, 0) is 6.54 Å². The number of benzene rings is 1. The maximum Gasteiger partial charge on any atom is 0.134 e. The lowest BCUT2D eigenvalue weighted by Crippen LogP contribution is -2.21. The zero-order valence-corrected chi connectivity index (χ0v) is 10.3. The Kier molecular flexibility index (Phi) is 3.77. The van der Waals surface area contributed by atoms with E-state index in [-0.39, 0.29) is 0 Å². The highest BCUT2D eigenvalue weighted by Crippen LogP contribution is 2.24. The first-order chi connectivity index (χ1) is 8.54. The molecule has 1 aromatic heterocycles. The van der Waals surface area contributed by atoms with Crippen LogP contribution in [0.25, 0.3) is 11.3 Å². The fraction of sp³-hybridized carbons (Fsp3) is 0.286. The highest BCUT2D eigenvalue weighted by atomic mass is 19.1. The number of furan rings is 1. The molecule has 1 aromatic carbocycles. The zero-order valence-electron chi connectivity index (χ0n) is 10.3. The zero-order chi connectivity index (χ0) is 13.1. The van der Waals surface area contributed by atoms with Crippen molar-refractivity contribution < 1.29 is 13.2 Å². The first-order valence-electron chi connectivity index (χ1n) is 5.83. The lowest BCUT2D eigenvalue weighted by Gasteiger charge is -2.05. The van der Waals surface area contributed by atoms with Crippen molar-refractivity contribution in [3.8, 4) is 11.3 Å². The van der Waals surface area contributed by atoms with Crippen molar-refractivity contribution in [1.29, 1.82) is 0 Å². The summed E-state index contributed by atoms with van der Waals surface area (Å²) in [5, 5.41) is 3.21. The van der Waals surface area contributed by atoms with Crippen LogP contribution in [0.15, 0.2) is 34.7 Å². The fourth-order valence-electron chi connectivity index (χ4n) is 1.63. The Bertz CT molecular complexity index is 514. The molecule has 0 amide bonds. The molecular weight excluding hydrogens is 236 g/mol. The molecule has 0 bridgehead atoms. The largest absolute Gasteiger partial charge is 0.460 e.